The van der Waals surface area contributed by atoms with E-state index in [2.05, 4.69) is 5.32 Å². The smallest absolute Gasteiger partial charge is 0.124 e. The first-order valence-electron chi connectivity index (χ1n) is 5.37. The number of furan rings is 1. The lowest BCUT2D eigenvalue weighted by molar-refractivity contribution is 0.430. The second-order valence-electron chi connectivity index (χ2n) is 3.85. The summed E-state index contributed by atoms with van der Waals surface area (Å²) < 4.78 is 18.1. The Balaban J connectivity index is 1.98. The van der Waals surface area contributed by atoms with Crippen LogP contribution < -0.4 is 5.32 Å². The molecule has 1 atom stereocenters. The number of rotatable bonds is 4. The van der Waals surface area contributed by atoms with Gasteiger partial charge in [-0.15, -0.1) is 0 Å². The average molecular weight is 254 g/mol. The van der Waals surface area contributed by atoms with Gasteiger partial charge in [0.15, 0.2) is 0 Å². The summed E-state index contributed by atoms with van der Waals surface area (Å²) in [7, 11) is 0. The Morgan fingerprint density at radius 1 is 1.41 bits per heavy atom. The predicted molar refractivity (Wildman–Crippen MR) is 65.4 cm³/mol. The summed E-state index contributed by atoms with van der Waals surface area (Å²) in [6.45, 7) is 2.57. The summed E-state index contributed by atoms with van der Waals surface area (Å²) in [4.78, 5) is 0. The van der Waals surface area contributed by atoms with Gasteiger partial charge in [-0.2, -0.15) is 0 Å². The van der Waals surface area contributed by atoms with Gasteiger partial charge in [-0.05, 0) is 36.8 Å². The van der Waals surface area contributed by atoms with Crippen LogP contribution in [0.4, 0.5) is 4.39 Å². The van der Waals surface area contributed by atoms with E-state index in [4.69, 9.17) is 16.0 Å². The molecule has 0 saturated heterocycles. The Hall–Kier alpha value is -1.32. The average Bonchev–Trinajstić information content (AvgIpc) is 2.81. The van der Waals surface area contributed by atoms with E-state index in [1.807, 2.05) is 19.1 Å². The maximum atomic E-state index is 12.8. The van der Waals surface area contributed by atoms with Crippen LogP contribution in [0.2, 0.25) is 5.02 Å². The van der Waals surface area contributed by atoms with Crippen LogP contribution in [0.15, 0.2) is 41.0 Å². The molecule has 90 valence electrons. The number of benzene rings is 1. The van der Waals surface area contributed by atoms with Gasteiger partial charge in [-0.1, -0.05) is 17.7 Å². The lowest BCUT2D eigenvalue weighted by Gasteiger charge is -2.12. The zero-order valence-electron chi connectivity index (χ0n) is 9.41. The third-order valence-corrected chi connectivity index (χ3v) is 2.94. The van der Waals surface area contributed by atoms with Gasteiger partial charge in [0.25, 0.3) is 0 Å². The summed E-state index contributed by atoms with van der Waals surface area (Å²) in [5.41, 5.74) is 0.867. The summed E-state index contributed by atoms with van der Waals surface area (Å²) in [5.74, 6) is 0.543. The van der Waals surface area contributed by atoms with E-state index in [1.165, 1.54) is 12.1 Å². The molecule has 0 bridgehead atoms. The number of nitrogens with one attached hydrogen (secondary N) is 1. The Bertz CT molecular complexity index is 484. The Morgan fingerprint density at radius 3 is 2.88 bits per heavy atom. The van der Waals surface area contributed by atoms with Gasteiger partial charge in [0, 0.05) is 11.6 Å². The maximum Gasteiger partial charge on any atom is 0.124 e. The number of hydrogen-bond acceptors (Lipinski definition) is 2. The largest absolute Gasteiger partial charge is 0.468 e. The number of hydrogen-bond donors (Lipinski definition) is 1. The minimum absolute atomic E-state index is 0.0890. The van der Waals surface area contributed by atoms with Gasteiger partial charge in [0.2, 0.25) is 0 Å². The minimum Gasteiger partial charge on any atom is -0.468 e. The van der Waals surface area contributed by atoms with Gasteiger partial charge in [-0.3, -0.25) is 0 Å². The van der Waals surface area contributed by atoms with Gasteiger partial charge < -0.3 is 9.73 Å². The lowest BCUT2D eigenvalue weighted by Crippen LogP contribution is -2.17. The molecule has 0 fully saturated rings. The fourth-order valence-corrected chi connectivity index (χ4v) is 1.80. The molecule has 0 aliphatic rings. The highest BCUT2D eigenvalue weighted by Crippen LogP contribution is 2.19. The van der Waals surface area contributed by atoms with E-state index in [0.29, 0.717) is 11.6 Å². The molecule has 0 unspecified atom stereocenters. The van der Waals surface area contributed by atoms with Crippen molar-refractivity contribution in [3.8, 4) is 0 Å². The lowest BCUT2D eigenvalue weighted by atomic mass is 10.2. The third kappa shape index (κ3) is 3.08. The third-order valence-electron chi connectivity index (χ3n) is 2.58. The molecule has 2 aromatic rings. The first-order chi connectivity index (χ1) is 8.16. The maximum absolute atomic E-state index is 12.8. The van der Waals surface area contributed by atoms with E-state index in [0.717, 1.165) is 11.3 Å². The topological polar surface area (TPSA) is 25.2 Å². The second-order valence-corrected chi connectivity index (χ2v) is 4.26. The van der Waals surface area contributed by atoms with E-state index in [9.17, 15) is 4.39 Å². The molecule has 1 aromatic carbocycles. The molecule has 0 aliphatic heterocycles. The zero-order valence-corrected chi connectivity index (χ0v) is 10.2. The monoisotopic (exact) mass is 253 g/mol. The summed E-state index contributed by atoms with van der Waals surface area (Å²) in [6, 6.07) is 8.24. The first-order valence-corrected chi connectivity index (χ1v) is 5.75. The molecular formula is C13H13ClFNO. The summed E-state index contributed by atoms with van der Waals surface area (Å²) in [6.07, 6.45) is 1.64. The summed E-state index contributed by atoms with van der Waals surface area (Å²) in [5, 5.41) is 3.70. The summed E-state index contributed by atoms with van der Waals surface area (Å²) >= 11 is 5.93. The molecule has 1 heterocycles. The van der Waals surface area contributed by atoms with E-state index in [-0.39, 0.29) is 11.9 Å². The van der Waals surface area contributed by atoms with Crippen LogP contribution in [0.5, 0.6) is 0 Å². The van der Waals surface area contributed by atoms with E-state index < -0.39 is 0 Å². The molecule has 17 heavy (non-hydrogen) atoms. The highest BCUT2D eigenvalue weighted by Gasteiger charge is 2.08. The van der Waals surface area contributed by atoms with Crippen molar-refractivity contribution in [2.24, 2.45) is 0 Å². The van der Waals surface area contributed by atoms with E-state index in [1.54, 1.807) is 12.3 Å². The van der Waals surface area contributed by atoms with Crippen molar-refractivity contribution in [2.45, 2.75) is 19.5 Å². The van der Waals surface area contributed by atoms with Crippen LogP contribution in [0.1, 0.15) is 24.3 Å². The first kappa shape index (κ1) is 12.1. The molecule has 2 rings (SSSR count). The molecular weight excluding hydrogens is 241 g/mol. The zero-order chi connectivity index (χ0) is 12.3. The Morgan fingerprint density at radius 2 is 2.24 bits per heavy atom. The Kier molecular flexibility index (Phi) is 3.82. The SMILES string of the molecule is C[C@H](NCc1ccc(F)cc1Cl)c1ccco1. The quantitative estimate of drug-likeness (QED) is 0.893. The standard InChI is InChI=1S/C13H13ClFNO/c1-9(13-3-2-6-17-13)16-8-10-4-5-11(15)7-12(10)14/h2-7,9,16H,8H2,1H3/t9-/m0/s1. The fourth-order valence-electron chi connectivity index (χ4n) is 1.57. The molecule has 4 heteroatoms. The van der Waals surface area contributed by atoms with Crippen LogP contribution in [-0.2, 0) is 6.54 Å². The second kappa shape index (κ2) is 5.34. The molecule has 0 amide bonds. The predicted octanol–water partition coefficient (Wildman–Crippen LogP) is 3.92. The molecule has 2 nitrogen and oxygen atoms in total. The van der Waals surface area contributed by atoms with Crippen molar-refractivity contribution >= 4 is 11.6 Å². The number of halogens is 2. The molecule has 0 spiro atoms. The van der Waals surface area contributed by atoms with Crippen LogP contribution in [-0.4, -0.2) is 0 Å². The minimum atomic E-state index is -0.321. The van der Waals surface area contributed by atoms with Crippen LogP contribution in [0, 0.1) is 5.82 Å². The molecule has 1 N–H and O–H groups in total. The van der Waals surface area contributed by atoms with Crippen molar-refractivity contribution < 1.29 is 8.81 Å². The van der Waals surface area contributed by atoms with Gasteiger partial charge >= 0.3 is 0 Å². The van der Waals surface area contributed by atoms with Crippen LogP contribution >= 0.6 is 11.6 Å². The van der Waals surface area contributed by atoms with E-state index >= 15 is 0 Å². The normalized spacial score (nSPS) is 12.6. The van der Waals surface area contributed by atoms with Crippen molar-refractivity contribution in [1.29, 1.82) is 0 Å². The molecule has 1 aromatic heterocycles. The van der Waals surface area contributed by atoms with Gasteiger partial charge in [-0.25, -0.2) is 4.39 Å². The highest BCUT2D eigenvalue weighted by atomic mass is 35.5. The molecule has 0 saturated carbocycles. The molecule has 0 radical (unpaired) electrons. The van der Waals surface area contributed by atoms with Crippen LogP contribution in [0.3, 0.4) is 0 Å². The fraction of sp³-hybridized carbons (Fsp3) is 0.231. The van der Waals surface area contributed by atoms with Gasteiger partial charge in [0.05, 0.1) is 12.3 Å². The van der Waals surface area contributed by atoms with Crippen molar-refractivity contribution in [3.63, 3.8) is 0 Å². The molecule has 0 aliphatic carbocycles. The van der Waals surface area contributed by atoms with Crippen LogP contribution in [0.25, 0.3) is 0 Å². The highest BCUT2D eigenvalue weighted by molar-refractivity contribution is 6.31. The Labute approximate surface area is 104 Å². The van der Waals surface area contributed by atoms with Crippen molar-refractivity contribution in [3.05, 3.63) is 58.8 Å². The van der Waals surface area contributed by atoms with Gasteiger partial charge in [0.1, 0.15) is 11.6 Å². The van der Waals surface area contributed by atoms with Crippen molar-refractivity contribution in [1.82, 2.24) is 5.32 Å². The van der Waals surface area contributed by atoms with Crippen molar-refractivity contribution in [2.75, 3.05) is 0 Å².